The maximum absolute atomic E-state index is 11.2. The van der Waals surface area contributed by atoms with Gasteiger partial charge in [-0.15, -0.1) is 0 Å². The smallest absolute Gasteiger partial charge is 0.211 e. The van der Waals surface area contributed by atoms with Crippen LogP contribution in [-0.4, -0.2) is 27.3 Å². The van der Waals surface area contributed by atoms with E-state index in [1.807, 2.05) is 42.5 Å². The molecule has 114 valence electrons. The molecule has 0 spiro atoms. The molecule has 0 saturated heterocycles. The number of furan rings is 1. The first-order valence-corrected chi connectivity index (χ1v) is 8.58. The molecule has 0 bridgehead atoms. The molecule has 2 rings (SSSR count). The lowest BCUT2D eigenvalue weighted by Gasteiger charge is -2.05. The molecule has 0 radical (unpaired) electrons. The van der Waals surface area contributed by atoms with Gasteiger partial charge in [-0.3, -0.25) is 0 Å². The van der Waals surface area contributed by atoms with Crippen molar-refractivity contribution in [3.63, 3.8) is 0 Å². The molecule has 1 aromatic heterocycles. The third kappa shape index (κ3) is 5.00. The summed E-state index contributed by atoms with van der Waals surface area (Å²) >= 11 is 0. The quantitative estimate of drug-likeness (QED) is 0.732. The Balaban J connectivity index is 1.76. The maximum Gasteiger partial charge on any atom is 0.211 e. The predicted octanol–water partition coefficient (Wildman–Crippen LogP) is 1.98. The van der Waals surface area contributed by atoms with E-state index in [1.54, 1.807) is 6.92 Å². The molecule has 5 nitrogen and oxygen atoms in total. The van der Waals surface area contributed by atoms with E-state index in [0.29, 0.717) is 19.6 Å². The monoisotopic (exact) mass is 308 g/mol. The van der Waals surface area contributed by atoms with Gasteiger partial charge in [0.15, 0.2) is 0 Å². The molecular weight excluding hydrogens is 288 g/mol. The molecule has 0 aliphatic carbocycles. The summed E-state index contributed by atoms with van der Waals surface area (Å²) in [6.07, 6.45) is 0. The fourth-order valence-corrected chi connectivity index (χ4v) is 2.46. The van der Waals surface area contributed by atoms with Crippen molar-refractivity contribution in [1.82, 2.24) is 10.0 Å². The van der Waals surface area contributed by atoms with Crippen LogP contribution in [0, 0.1) is 0 Å². The minimum Gasteiger partial charge on any atom is -0.460 e. The van der Waals surface area contributed by atoms with Crippen LogP contribution in [0.3, 0.4) is 0 Å². The molecule has 0 aliphatic heterocycles. The van der Waals surface area contributed by atoms with Gasteiger partial charge in [0, 0.05) is 18.7 Å². The lowest BCUT2D eigenvalue weighted by Crippen LogP contribution is -2.32. The number of rotatable bonds is 8. The van der Waals surface area contributed by atoms with Crippen LogP contribution in [0.1, 0.15) is 12.7 Å². The number of hydrogen-bond donors (Lipinski definition) is 2. The fourth-order valence-electron chi connectivity index (χ4n) is 1.84. The van der Waals surface area contributed by atoms with Crippen LogP contribution in [0.25, 0.3) is 11.3 Å². The molecule has 0 unspecified atom stereocenters. The van der Waals surface area contributed by atoms with Gasteiger partial charge in [0.1, 0.15) is 11.5 Å². The van der Waals surface area contributed by atoms with Crippen molar-refractivity contribution in [2.24, 2.45) is 0 Å². The van der Waals surface area contributed by atoms with Crippen LogP contribution in [0.15, 0.2) is 46.9 Å². The van der Waals surface area contributed by atoms with Crippen molar-refractivity contribution in [1.29, 1.82) is 0 Å². The van der Waals surface area contributed by atoms with E-state index in [9.17, 15) is 8.42 Å². The summed E-state index contributed by atoms with van der Waals surface area (Å²) in [5.41, 5.74) is 1.04. The van der Waals surface area contributed by atoms with E-state index in [-0.39, 0.29) is 5.75 Å². The van der Waals surface area contributed by atoms with Crippen LogP contribution in [0.4, 0.5) is 0 Å². The molecule has 1 heterocycles. The lowest BCUT2D eigenvalue weighted by molar-refractivity contribution is 0.493. The van der Waals surface area contributed by atoms with Crippen molar-refractivity contribution >= 4 is 10.0 Å². The number of nitrogens with one attached hydrogen (secondary N) is 2. The highest BCUT2D eigenvalue weighted by atomic mass is 32.2. The molecule has 0 atom stereocenters. The number of hydrogen-bond acceptors (Lipinski definition) is 4. The molecular formula is C15H20N2O3S. The van der Waals surface area contributed by atoms with Gasteiger partial charge in [-0.25, -0.2) is 13.1 Å². The van der Waals surface area contributed by atoms with E-state index in [0.717, 1.165) is 17.1 Å². The first kappa shape index (κ1) is 15.8. The van der Waals surface area contributed by atoms with Gasteiger partial charge in [0.2, 0.25) is 10.0 Å². The fraction of sp³-hybridized carbons (Fsp3) is 0.333. The van der Waals surface area contributed by atoms with Crippen LogP contribution < -0.4 is 10.0 Å². The van der Waals surface area contributed by atoms with Crippen LogP contribution in [-0.2, 0) is 16.6 Å². The topological polar surface area (TPSA) is 71.3 Å². The summed E-state index contributed by atoms with van der Waals surface area (Å²) in [5.74, 6) is 1.76. The highest BCUT2D eigenvalue weighted by Crippen LogP contribution is 2.21. The normalized spacial score (nSPS) is 11.7. The summed E-state index contributed by atoms with van der Waals surface area (Å²) in [5, 5.41) is 3.14. The highest BCUT2D eigenvalue weighted by molar-refractivity contribution is 7.89. The Morgan fingerprint density at radius 2 is 1.81 bits per heavy atom. The van der Waals surface area contributed by atoms with Crippen molar-refractivity contribution < 1.29 is 12.8 Å². The summed E-state index contributed by atoms with van der Waals surface area (Å²) in [6, 6.07) is 13.8. The van der Waals surface area contributed by atoms with E-state index in [1.165, 1.54) is 0 Å². The molecule has 0 fully saturated rings. The Morgan fingerprint density at radius 3 is 2.52 bits per heavy atom. The Bertz CT molecular complexity index is 651. The second-order valence-corrected chi connectivity index (χ2v) is 6.70. The molecule has 2 N–H and O–H groups in total. The standard InChI is InChI=1S/C15H20N2O3S/c1-2-21(18,19)17-11-10-16-12-14-8-9-15(20-14)13-6-4-3-5-7-13/h3-9,16-17H,2,10-12H2,1H3. The van der Waals surface area contributed by atoms with Gasteiger partial charge in [-0.2, -0.15) is 0 Å². The van der Waals surface area contributed by atoms with Crippen LogP contribution in [0.5, 0.6) is 0 Å². The van der Waals surface area contributed by atoms with E-state index in [4.69, 9.17) is 4.42 Å². The average molecular weight is 308 g/mol. The molecule has 0 amide bonds. The van der Waals surface area contributed by atoms with Gasteiger partial charge in [0.25, 0.3) is 0 Å². The summed E-state index contributed by atoms with van der Waals surface area (Å²) < 4.78 is 30.7. The number of benzene rings is 1. The summed E-state index contributed by atoms with van der Waals surface area (Å²) in [4.78, 5) is 0. The third-order valence-electron chi connectivity index (χ3n) is 3.02. The van der Waals surface area contributed by atoms with Crippen molar-refractivity contribution in [2.75, 3.05) is 18.8 Å². The molecule has 1 aromatic carbocycles. The van der Waals surface area contributed by atoms with Crippen molar-refractivity contribution in [3.8, 4) is 11.3 Å². The molecule has 0 saturated carbocycles. The Labute approximate surface area is 125 Å². The Hall–Kier alpha value is -1.63. The zero-order valence-electron chi connectivity index (χ0n) is 12.0. The second-order valence-electron chi connectivity index (χ2n) is 4.61. The molecule has 2 aromatic rings. The summed E-state index contributed by atoms with van der Waals surface area (Å²) in [7, 11) is -3.11. The van der Waals surface area contributed by atoms with E-state index >= 15 is 0 Å². The van der Waals surface area contributed by atoms with E-state index in [2.05, 4.69) is 10.0 Å². The third-order valence-corrected chi connectivity index (χ3v) is 4.43. The van der Waals surface area contributed by atoms with Crippen molar-refractivity contribution in [2.45, 2.75) is 13.5 Å². The van der Waals surface area contributed by atoms with E-state index < -0.39 is 10.0 Å². The maximum atomic E-state index is 11.2. The minimum absolute atomic E-state index is 0.103. The molecule has 0 aliphatic rings. The van der Waals surface area contributed by atoms with Gasteiger partial charge < -0.3 is 9.73 Å². The zero-order valence-corrected chi connectivity index (χ0v) is 12.8. The largest absolute Gasteiger partial charge is 0.460 e. The summed E-state index contributed by atoms with van der Waals surface area (Å²) in [6.45, 7) is 3.12. The zero-order chi connectivity index (χ0) is 15.1. The minimum atomic E-state index is -3.11. The van der Waals surface area contributed by atoms with Gasteiger partial charge in [-0.05, 0) is 19.1 Å². The van der Waals surface area contributed by atoms with Crippen molar-refractivity contribution in [3.05, 3.63) is 48.2 Å². The van der Waals surface area contributed by atoms with Gasteiger partial charge in [0.05, 0.1) is 12.3 Å². The number of sulfonamides is 1. The second kappa shape index (κ2) is 7.40. The van der Waals surface area contributed by atoms with Crippen LogP contribution in [0.2, 0.25) is 0 Å². The van der Waals surface area contributed by atoms with Gasteiger partial charge >= 0.3 is 0 Å². The predicted molar refractivity (Wildman–Crippen MR) is 83.3 cm³/mol. The Morgan fingerprint density at radius 1 is 1.05 bits per heavy atom. The highest BCUT2D eigenvalue weighted by Gasteiger charge is 2.06. The van der Waals surface area contributed by atoms with Gasteiger partial charge in [-0.1, -0.05) is 30.3 Å². The first-order valence-electron chi connectivity index (χ1n) is 6.93. The molecule has 21 heavy (non-hydrogen) atoms. The lowest BCUT2D eigenvalue weighted by atomic mass is 10.2. The Kier molecular flexibility index (Phi) is 5.55. The average Bonchev–Trinajstić information content (AvgIpc) is 2.97. The SMILES string of the molecule is CCS(=O)(=O)NCCNCc1ccc(-c2ccccc2)o1. The first-order chi connectivity index (χ1) is 10.1. The molecule has 6 heteroatoms. The van der Waals surface area contributed by atoms with Crippen LogP contribution >= 0.6 is 0 Å².